The number of non-ortho nitro benzene ring substituents is 1. The monoisotopic (exact) mass is 357 g/mol. The maximum Gasteiger partial charge on any atom is 0.310 e. The molecule has 1 aliphatic rings. The van der Waals surface area contributed by atoms with E-state index in [0.717, 1.165) is 0 Å². The van der Waals surface area contributed by atoms with Gasteiger partial charge in [0.15, 0.2) is 11.5 Å². The predicted molar refractivity (Wildman–Crippen MR) is 90.3 cm³/mol. The summed E-state index contributed by atoms with van der Waals surface area (Å²) in [4.78, 5) is 32.9. The number of aliphatic carboxylic acids is 1. The molecule has 134 valence electrons. The minimum Gasteiger partial charge on any atom is -0.481 e. The number of carbonyl (C=O) groups is 2. The number of fused-ring (bicyclic) bond motifs is 1. The standard InChI is InChI=1S/C18H15NO7/c20-5-1-2-15(18(21)22)13-6-12(7-14(8-13)19(23)24)11-3-4-16-17(9-11)26-10-25-16/h3-9,15H,1-2,10H2,(H,21,22). The summed E-state index contributed by atoms with van der Waals surface area (Å²) in [5, 5.41) is 20.7. The number of ether oxygens (including phenoxy) is 2. The van der Waals surface area contributed by atoms with Crippen LogP contribution in [0.3, 0.4) is 0 Å². The van der Waals surface area contributed by atoms with Crippen LogP contribution in [0.4, 0.5) is 5.69 Å². The summed E-state index contributed by atoms with van der Waals surface area (Å²) in [6.07, 6.45) is 0.756. The second-order valence-corrected chi connectivity index (χ2v) is 5.77. The number of nitro benzene ring substituents is 1. The van der Waals surface area contributed by atoms with Crippen molar-refractivity contribution in [3.63, 3.8) is 0 Å². The second kappa shape index (κ2) is 7.22. The molecule has 8 nitrogen and oxygen atoms in total. The molecule has 1 heterocycles. The van der Waals surface area contributed by atoms with Crippen molar-refractivity contribution in [3.05, 3.63) is 52.1 Å². The summed E-state index contributed by atoms with van der Waals surface area (Å²) in [5.41, 5.74) is 1.19. The van der Waals surface area contributed by atoms with Crippen LogP contribution in [0.15, 0.2) is 36.4 Å². The van der Waals surface area contributed by atoms with E-state index in [9.17, 15) is 24.8 Å². The van der Waals surface area contributed by atoms with Crippen molar-refractivity contribution in [2.24, 2.45) is 0 Å². The van der Waals surface area contributed by atoms with Crippen molar-refractivity contribution in [1.82, 2.24) is 0 Å². The van der Waals surface area contributed by atoms with Gasteiger partial charge in [0.2, 0.25) is 6.79 Å². The zero-order valence-electron chi connectivity index (χ0n) is 13.6. The molecule has 0 bridgehead atoms. The quantitative estimate of drug-likeness (QED) is 0.459. The van der Waals surface area contributed by atoms with Crippen LogP contribution in [-0.4, -0.2) is 29.1 Å². The zero-order valence-corrected chi connectivity index (χ0v) is 13.6. The summed E-state index contributed by atoms with van der Waals surface area (Å²) in [6, 6.07) is 9.30. The van der Waals surface area contributed by atoms with Crippen molar-refractivity contribution in [2.45, 2.75) is 18.8 Å². The molecule has 1 atom stereocenters. The number of carboxylic acids is 1. The van der Waals surface area contributed by atoms with Gasteiger partial charge in [-0.2, -0.15) is 0 Å². The third-order valence-electron chi connectivity index (χ3n) is 4.13. The second-order valence-electron chi connectivity index (χ2n) is 5.77. The molecule has 3 rings (SSSR count). The first-order chi connectivity index (χ1) is 12.5. The summed E-state index contributed by atoms with van der Waals surface area (Å²) >= 11 is 0. The lowest BCUT2D eigenvalue weighted by atomic mass is 9.91. The molecule has 1 unspecified atom stereocenters. The van der Waals surface area contributed by atoms with Crippen LogP contribution in [-0.2, 0) is 9.59 Å². The van der Waals surface area contributed by atoms with Gasteiger partial charge in [-0.05, 0) is 41.3 Å². The van der Waals surface area contributed by atoms with E-state index >= 15 is 0 Å². The lowest BCUT2D eigenvalue weighted by Crippen LogP contribution is -2.12. The van der Waals surface area contributed by atoms with Crippen LogP contribution in [0.25, 0.3) is 11.1 Å². The third-order valence-corrected chi connectivity index (χ3v) is 4.13. The summed E-state index contributed by atoms with van der Waals surface area (Å²) < 4.78 is 10.6. The van der Waals surface area contributed by atoms with Crippen LogP contribution >= 0.6 is 0 Å². The SMILES string of the molecule is O=CCCC(C(=O)O)c1cc(-c2ccc3c(c2)OCO3)cc([N+](=O)[O-])c1. The zero-order chi connectivity index (χ0) is 18.7. The van der Waals surface area contributed by atoms with Crippen molar-refractivity contribution < 1.29 is 29.1 Å². The molecule has 0 radical (unpaired) electrons. The lowest BCUT2D eigenvalue weighted by molar-refractivity contribution is -0.384. The van der Waals surface area contributed by atoms with Crippen LogP contribution in [0.5, 0.6) is 11.5 Å². The Labute approximate surface area is 148 Å². The number of rotatable bonds is 7. The van der Waals surface area contributed by atoms with E-state index in [-0.39, 0.29) is 30.9 Å². The molecule has 1 aliphatic heterocycles. The Balaban J connectivity index is 2.07. The molecule has 0 aromatic heterocycles. The average molecular weight is 357 g/mol. The van der Waals surface area contributed by atoms with Gasteiger partial charge in [-0.15, -0.1) is 0 Å². The molecule has 0 saturated heterocycles. The van der Waals surface area contributed by atoms with E-state index < -0.39 is 16.8 Å². The molecule has 8 heteroatoms. The number of carboxylic acid groups (broad SMARTS) is 1. The van der Waals surface area contributed by atoms with Crippen LogP contribution < -0.4 is 9.47 Å². The highest BCUT2D eigenvalue weighted by atomic mass is 16.7. The lowest BCUT2D eigenvalue weighted by Gasteiger charge is -2.13. The molecule has 0 fully saturated rings. The molecule has 0 aliphatic carbocycles. The first kappa shape index (κ1) is 17.4. The van der Waals surface area contributed by atoms with Gasteiger partial charge in [0.1, 0.15) is 6.29 Å². The fraction of sp³-hybridized carbons (Fsp3) is 0.222. The normalized spacial score (nSPS) is 13.2. The van der Waals surface area contributed by atoms with Gasteiger partial charge in [-0.25, -0.2) is 0 Å². The number of carbonyl (C=O) groups excluding carboxylic acids is 1. The van der Waals surface area contributed by atoms with Crippen molar-refractivity contribution >= 4 is 17.9 Å². The van der Waals surface area contributed by atoms with Gasteiger partial charge in [-0.1, -0.05) is 6.07 Å². The van der Waals surface area contributed by atoms with Gasteiger partial charge in [-0.3, -0.25) is 14.9 Å². The molecule has 0 spiro atoms. The van der Waals surface area contributed by atoms with E-state index in [0.29, 0.717) is 28.9 Å². The Bertz CT molecular complexity index is 878. The molecule has 2 aromatic carbocycles. The van der Waals surface area contributed by atoms with E-state index in [4.69, 9.17) is 9.47 Å². The first-order valence-corrected chi connectivity index (χ1v) is 7.85. The molecular weight excluding hydrogens is 342 g/mol. The highest BCUT2D eigenvalue weighted by Gasteiger charge is 2.23. The minimum absolute atomic E-state index is 0.0546. The van der Waals surface area contributed by atoms with E-state index in [2.05, 4.69) is 0 Å². The van der Waals surface area contributed by atoms with Gasteiger partial charge < -0.3 is 19.4 Å². The Morgan fingerprint density at radius 2 is 1.96 bits per heavy atom. The average Bonchev–Trinajstić information content (AvgIpc) is 3.09. The maximum absolute atomic E-state index is 11.6. The van der Waals surface area contributed by atoms with E-state index in [1.165, 1.54) is 12.1 Å². The predicted octanol–water partition coefficient (Wildman–Crippen LogP) is 3.14. The molecule has 0 saturated carbocycles. The summed E-state index contributed by atoms with van der Waals surface area (Å²) in [7, 11) is 0. The fourth-order valence-corrected chi connectivity index (χ4v) is 2.85. The Kier molecular flexibility index (Phi) is 4.83. The van der Waals surface area contributed by atoms with Crippen LogP contribution in [0, 0.1) is 10.1 Å². The van der Waals surface area contributed by atoms with Gasteiger partial charge >= 0.3 is 5.97 Å². The van der Waals surface area contributed by atoms with Crippen molar-refractivity contribution in [2.75, 3.05) is 6.79 Å². The number of nitro groups is 1. The smallest absolute Gasteiger partial charge is 0.310 e. The highest BCUT2D eigenvalue weighted by molar-refractivity contribution is 5.79. The highest BCUT2D eigenvalue weighted by Crippen LogP contribution is 2.38. The topological polar surface area (TPSA) is 116 Å². The first-order valence-electron chi connectivity index (χ1n) is 7.85. The number of hydrogen-bond donors (Lipinski definition) is 1. The van der Waals surface area contributed by atoms with Crippen molar-refractivity contribution in [1.29, 1.82) is 0 Å². The Morgan fingerprint density at radius 1 is 1.19 bits per heavy atom. The van der Waals surface area contributed by atoms with Crippen LogP contribution in [0.1, 0.15) is 24.3 Å². The molecule has 0 amide bonds. The van der Waals surface area contributed by atoms with E-state index in [1.807, 2.05) is 0 Å². The van der Waals surface area contributed by atoms with Gasteiger partial charge in [0.25, 0.3) is 5.69 Å². The largest absolute Gasteiger partial charge is 0.481 e. The number of nitrogens with zero attached hydrogens (tertiary/aromatic N) is 1. The number of benzene rings is 2. The maximum atomic E-state index is 11.6. The third kappa shape index (κ3) is 3.49. The fourth-order valence-electron chi connectivity index (χ4n) is 2.85. The number of hydrogen-bond acceptors (Lipinski definition) is 6. The molecular formula is C18H15NO7. The summed E-state index contributed by atoms with van der Waals surface area (Å²) in [5.74, 6) is -1.04. The minimum atomic E-state index is -1.14. The number of aldehydes is 1. The molecule has 2 aromatic rings. The van der Waals surface area contributed by atoms with Crippen molar-refractivity contribution in [3.8, 4) is 22.6 Å². The summed E-state index contributed by atoms with van der Waals surface area (Å²) in [6.45, 7) is 0.103. The Hall–Kier alpha value is -3.42. The van der Waals surface area contributed by atoms with Crippen LogP contribution in [0.2, 0.25) is 0 Å². The van der Waals surface area contributed by atoms with E-state index in [1.54, 1.807) is 24.3 Å². The Morgan fingerprint density at radius 3 is 2.65 bits per heavy atom. The van der Waals surface area contributed by atoms with Gasteiger partial charge in [0.05, 0.1) is 10.8 Å². The molecule has 26 heavy (non-hydrogen) atoms. The molecule has 1 N–H and O–H groups in total. The van der Waals surface area contributed by atoms with Gasteiger partial charge in [0, 0.05) is 18.6 Å².